The van der Waals surface area contributed by atoms with Crippen LogP contribution >= 0.6 is 0 Å². The minimum atomic E-state index is -5.78. The summed E-state index contributed by atoms with van der Waals surface area (Å²) in [6.45, 7) is 1.71. The second-order valence-corrected chi connectivity index (χ2v) is 13.7. The smallest absolute Gasteiger partial charge is 0.344 e. The Morgan fingerprint density at radius 1 is 0.558 bits per heavy atom. The summed E-state index contributed by atoms with van der Waals surface area (Å²) in [6.07, 6.45) is 0. The lowest BCUT2D eigenvalue weighted by Gasteiger charge is -2.22. The van der Waals surface area contributed by atoms with Gasteiger partial charge in [-0.2, -0.15) is 27.1 Å². The number of nitrogens with zero attached hydrogens (tertiary/aromatic N) is 2. The van der Waals surface area contributed by atoms with Crippen molar-refractivity contribution in [2.75, 3.05) is 26.3 Å². The molecular formula is C26H24F8N4O12S2. The highest BCUT2D eigenvalue weighted by Gasteiger charge is 2.37. The lowest BCUT2D eigenvalue weighted by atomic mass is 10.0. The second kappa shape index (κ2) is 15.8. The normalized spacial score (nSPS) is 12.5. The van der Waals surface area contributed by atoms with Gasteiger partial charge in [0.25, 0.3) is 0 Å². The van der Waals surface area contributed by atoms with Crippen molar-refractivity contribution in [2.24, 2.45) is 10.2 Å². The fourth-order valence-corrected chi connectivity index (χ4v) is 4.83. The largest absolute Gasteiger partial charge is 0.460 e. The van der Waals surface area contributed by atoms with Crippen molar-refractivity contribution >= 4 is 44.0 Å². The maximum atomic E-state index is 14.1. The second-order valence-electron chi connectivity index (χ2n) is 11.0. The topological polar surface area (TPSA) is 244 Å². The van der Waals surface area contributed by atoms with Crippen molar-refractivity contribution in [1.29, 1.82) is 0 Å². The number of amides is 2. The Kier molecular flexibility index (Phi) is 13.2. The number of hydrogen-bond donors (Lipinski definition) is 4. The SMILES string of the molecule is CC(C)(N=NC(C)(C)C(=O)NCCOC(=O)c1c(F)c(F)c(S(=O)(=O)O)c(F)c1F)C(=O)NCCOC(=O)c1c(F)c(F)c(S(=O)(=O)O)c(F)c1F. The van der Waals surface area contributed by atoms with Crippen molar-refractivity contribution in [3.63, 3.8) is 0 Å². The Balaban J connectivity index is 1.96. The molecule has 0 fully saturated rings. The third kappa shape index (κ3) is 9.53. The molecule has 0 radical (unpaired) electrons. The van der Waals surface area contributed by atoms with Gasteiger partial charge in [0.15, 0.2) is 67.4 Å². The summed E-state index contributed by atoms with van der Waals surface area (Å²) in [7, 11) is -11.6. The molecule has 2 rings (SSSR count). The van der Waals surface area contributed by atoms with Crippen LogP contribution in [0.4, 0.5) is 35.1 Å². The zero-order valence-corrected chi connectivity index (χ0v) is 28.2. The molecule has 16 nitrogen and oxygen atoms in total. The van der Waals surface area contributed by atoms with Gasteiger partial charge in [0, 0.05) is 0 Å². The van der Waals surface area contributed by atoms with Crippen LogP contribution < -0.4 is 10.6 Å². The molecular weight excluding hydrogens is 776 g/mol. The zero-order chi connectivity index (χ0) is 40.3. The molecule has 52 heavy (non-hydrogen) atoms. The molecule has 4 N–H and O–H groups in total. The quantitative estimate of drug-likeness (QED) is 0.0538. The van der Waals surface area contributed by atoms with Crippen molar-refractivity contribution in [2.45, 2.75) is 48.6 Å². The van der Waals surface area contributed by atoms with Gasteiger partial charge in [0.05, 0.1) is 13.1 Å². The first-order valence-electron chi connectivity index (χ1n) is 13.6. The van der Waals surface area contributed by atoms with E-state index < -0.39 is 149 Å². The number of hydrogen-bond acceptors (Lipinski definition) is 12. The van der Waals surface area contributed by atoms with Crippen LogP contribution in [-0.4, -0.2) is 87.1 Å². The standard InChI is InChI=1S/C26H24F8N4O12S2/c1-25(2,23(41)35-5-7-49-21(39)9-11(27)15(31)19(51(43,44)45)16(32)12(9)28)37-38-26(3,4)24(42)36-6-8-50-22(40)10-13(29)17(33)20(52(46,47)48)18(34)14(10)30/h5-8H2,1-4H3,(H,35,41)(H,36,42)(H,43,44,45)(H,46,47,48). The third-order valence-corrected chi connectivity index (χ3v) is 8.02. The van der Waals surface area contributed by atoms with Crippen LogP contribution in [0.15, 0.2) is 20.0 Å². The Bertz CT molecular complexity index is 1870. The maximum Gasteiger partial charge on any atom is 0.344 e. The van der Waals surface area contributed by atoms with E-state index in [0.717, 1.165) is 0 Å². The average Bonchev–Trinajstić information content (AvgIpc) is 3.01. The monoisotopic (exact) mass is 800 g/mol. The summed E-state index contributed by atoms with van der Waals surface area (Å²) in [4.78, 5) is 44.4. The summed E-state index contributed by atoms with van der Waals surface area (Å²) in [6, 6.07) is 0. The van der Waals surface area contributed by atoms with Crippen molar-refractivity contribution < 1.29 is 89.7 Å². The van der Waals surface area contributed by atoms with Crippen LogP contribution in [-0.2, 0) is 39.3 Å². The lowest BCUT2D eigenvalue weighted by Crippen LogP contribution is -2.44. The summed E-state index contributed by atoms with van der Waals surface area (Å²) < 4.78 is 183. The van der Waals surface area contributed by atoms with Gasteiger partial charge in [-0.1, -0.05) is 0 Å². The molecule has 288 valence electrons. The maximum absolute atomic E-state index is 14.1. The number of ether oxygens (including phenoxy) is 2. The predicted octanol–water partition coefficient (Wildman–Crippen LogP) is 2.55. The van der Waals surface area contributed by atoms with E-state index in [-0.39, 0.29) is 0 Å². The predicted molar refractivity (Wildman–Crippen MR) is 152 cm³/mol. The first-order chi connectivity index (χ1) is 23.6. The van der Waals surface area contributed by atoms with Gasteiger partial charge in [0.1, 0.15) is 24.3 Å². The van der Waals surface area contributed by atoms with E-state index in [4.69, 9.17) is 9.11 Å². The number of azo groups is 1. The average molecular weight is 801 g/mol. The molecule has 0 heterocycles. The number of benzene rings is 2. The molecule has 0 saturated carbocycles. The molecule has 26 heteroatoms. The van der Waals surface area contributed by atoms with Crippen LogP contribution in [0, 0.1) is 46.5 Å². The number of carbonyl (C=O) groups is 4. The van der Waals surface area contributed by atoms with E-state index in [1.54, 1.807) is 0 Å². The highest BCUT2D eigenvalue weighted by Crippen LogP contribution is 2.29. The summed E-state index contributed by atoms with van der Waals surface area (Å²) in [5.41, 5.74) is -7.53. The van der Waals surface area contributed by atoms with Gasteiger partial charge >= 0.3 is 32.2 Å². The van der Waals surface area contributed by atoms with Crippen LogP contribution in [0.5, 0.6) is 0 Å². The van der Waals surface area contributed by atoms with E-state index in [0.29, 0.717) is 0 Å². The molecule has 0 aromatic heterocycles. The molecule has 0 aliphatic rings. The molecule has 0 aliphatic heterocycles. The molecule has 0 saturated heterocycles. The number of rotatable bonds is 14. The minimum Gasteiger partial charge on any atom is -0.460 e. The number of carbonyl (C=O) groups excluding carboxylic acids is 4. The van der Waals surface area contributed by atoms with Crippen LogP contribution in [0.3, 0.4) is 0 Å². The van der Waals surface area contributed by atoms with Crippen LogP contribution in [0.25, 0.3) is 0 Å². The van der Waals surface area contributed by atoms with Gasteiger partial charge < -0.3 is 20.1 Å². The fraction of sp³-hybridized carbons (Fsp3) is 0.385. The highest BCUT2D eigenvalue weighted by molar-refractivity contribution is 7.86. The number of halogens is 8. The molecule has 2 aromatic carbocycles. The third-order valence-electron chi connectivity index (χ3n) is 6.27. The Morgan fingerprint density at radius 3 is 1.04 bits per heavy atom. The zero-order valence-electron chi connectivity index (χ0n) is 26.5. The van der Waals surface area contributed by atoms with E-state index in [1.165, 1.54) is 27.7 Å². The van der Waals surface area contributed by atoms with Gasteiger partial charge in [-0.05, 0) is 27.7 Å². The summed E-state index contributed by atoms with van der Waals surface area (Å²) in [5, 5.41) is 11.8. The van der Waals surface area contributed by atoms with Gasteiger partial charge in [0.2, 0.25) is 11.8 Å². The molecule has 0 spiro atoms. The molecule has 0 unspecified atom stereocenters. The molecule has 0 atom stereocenters. The first-order valence-corrected chi connectivity index (χ1v) is 16.5. The molecule has 0 aliphatic carbocycles. The van der Waals surface area contributed by atoms with Gasteiger partial charge in [-0.15, -0.1) is 0 Å². The van der Waals surface area contributed by atoms with E-state index >= 15 is 0 Å². The van der Waals surface area contributed by atoms with Gasteiger partial charge in [-0.25, -0.2) is 44.7 Å². The Morgan fingerprint density at radius 2 is 0.808 bits per heavy atom. The van der Waals surface area contributed by atoms with Crippen LogP contribution in [0.1, 0.15) is 48.4 Å². The molecule has 0 bridgehead atoms. The van der Waals surface area contributed by atoms with Crippen LogP contribution in [0.2, 0.25) is 0 Å². The Labute approximate surface area is 287 Å². The number of esters is 2. The Hall–Kier alpha value is -4.82. The summed E-state index contributed by atoms with van der Waals surface area (Å²) >= 11 is 0. The molecule has 2 amide bonds. The minimum absolute atomic E-state index is 0.610. The first kappa shape index (κ1) is 43.3. The van der Waals surface area contributed by atoms with Crippen molar-refractivity contribution in [3.8, 4) is 0 Å². The molecule has 2 aromatic rings. The summed E-state index contributed by atoms with van der Waals surface area (Å²) in [5.74, 6) is -26.4. The van der Waals surface area contributed by atoms with Crippen molar-refractivity contribution in [1.82, 2.24) is 10.6 Å². The van der Waals surface area contributed by atoms with E-state index in [9.17, 15) is 71.1 Å². The van der Waals surface area contributed by atoms with E-state index in [2.05, 4.69) is 30.3 Å². The van der Waals surface area contributed by atoms with Gasteiger partial charge in [-0.3, -0.25) is 18.7 Å². The highest BCUT2D eigenvalue weighted by atomic mass is 32.2. The van der Waals surface area contributed by atoms with E-state index in [1.807, 2.05) is 0 Å². The lowest BCUT2D eigenvalue weighted by molar-refractivity contribution is -0.127. The number of nitrogens with one attached hydrogen (secondary N) is 2. The fourth-order valence-electron chi connectivity index (χ4n) is 3.57. The van der Waals surface area contributed by atoms with Crippen molar-refractivity contribution in [3.05, 3.63) is 57.7 Å².